The van der Waals surface area contributed by atoms with E-state index in [-0.39, 0.29) is 12.5 Å². The summed E-state index contributed by atoms with van der Waals surface area (Å²) in [6.07, 6.45) is 1.60. The molecule has 0 radical (unpaired) electrons. The topological polar surface area (TPSA) is 151 Å². The molecular formula is C6H15N4O4P. The Morgan fingerprint density at radius 1 is 1.60 bits per heavy atom. The van der Waals surface area contributed by atoms with E-state index in [1.165, 1.54) is 0 Å². The molecule has 0 aromatic heterocycles. The van der Waals surface area contributed by atoms with Gasteiger partial charge in [0.05, 0.1) is 6.04 Å². The zero-order chi connectivity index (χ0) is 11.9. The van der Waals surface area contributed by atoms with Crippen LogP contribution in [0.3, 0.4) is 0 Å². The Bertz CT molecular complexity index is 276. The first-order valence-electron chi connectivity index (χ1n) is 4.20. The molecule has 0 heterocycles. The van der Waals surface area contributed by atoms with E-state index in [0.29, 0.717) is 19.1 Å². The minimum atomic E-state index is -4.38. The first kappa shape index (κ1) is 14.1. The van der Waals surface area contributed by atoms with Gasteiger partial charge < -0.3 is 26.0 Å². The van der Waals surface area contributed by atoms with Crippen molar-refractivity contribution < 1.29 is 19.1 Å². The van der Waals surface area contributed by atoms with Crippen LogP contribution in [-0.4, -0.2) is 34.6 Å². The van der Waals surface area contributed by atoms with Crippen LogP contribution in [0.2, 0.25) is 0 Å². The summed E-state index contributed by atoms with van der Waals surface area (Å²) in [6, 6.07) is -0.531. The molecule has 0 saturated carbocycles. The molecule has 15 heavy (non-hydrogen) atoms. The van der Waals surface area contributed by atoms with E-state index in [9.17, 15) is 9.36 Å². The monoisotopic (exact) mass is 238 g/mol. The van der Waals surface area contributed by atoms with Crippen molar-refractivity contribution in [3.63, 3.8) is 0 Å². The summed E-state index contributed by atoms with van der Waals surface area (Å²) < 4.78 is 10.4. The summed E-state index contributed by atoms with van der Waals surface area (Å²) in [5.41, 5.74) is 10.5. The number of carbonyl (C=O) groups excluding carboxylic acids is 1. The van der Waals surface area contributed by atoms with Gasteiger partial charge in [-0.15, -0.1) is 0 Å². The van der Waals surface area contributed by atoms with E-state index in [2.05, 4.69) is 4.99 Å². The van der Waals surface area contributed by atoms with Gasteiger partial charge in [-0.2, -0.15) is 0 Å². The highest BCUT2D eigenvalue weighted by molar-refractivity contribution is 7.50. The Kier molecular flexibility index (Phi) is 6.11. The number of nitrogens with two attached hydrogens (primary N) is 2. The average Bonchev–Trinajstić information content (AvgIpc) is 2.09. The number of nitrogens with one attached hydrogen (secondary N) is 1. The van der Waals surface area contributed by atoms with Crippen molar-refractivity contribution in [3.05, 3.63) is 0 Å². The highest BCUT2D eigenvalue weighted by Crippen LogP contribution is 2.27. The number of aldehydes is 1. The average molecular weight is 238 g/mol. The number of hydrogen-bond donors (Lipinski definition) is 5. The van der Waals surface area contributed by atoms with Crippen LogP contribution >= 0.6 is 7.75 Å². The van der Waals surface area contributed by atoms with Gasteiger partial charge in [0.2, 0.25) is 0 Å². The Hall–Kier alpha value is -0.950. The van der Waals surface area contributed by atoms with Gasteiger partial charge in [0, 0.05) is 6.54 Å². The molecule has 0 aromatic carbocycles. The van der Waals surface area contributed by atoms with E-state index >= 15 is 0 Å². The standard InChI is InChI=1S/C6H15N4O4P/c7-5(4-11)2-1-3-9-6(8)10-15(12,13)14/h4-5H,1-3,7H2,(H5,8,9,10,12,13,14)/t5-/m0/s1. The van der Waals surface area contributed by atoms with Crippen LogP contribution in [-0.2, 0) is 9.36 Å². The summed E-state index contributed by atoms with van der Waals surface area (Å²) in [6.45, 7) is 0.250. The minimum Gasteiger partial charge on any atom is -0.370 e. The number of nitrogens with zero attached hydrogens (tertiary/aromatic N) is 1. The molecule has 0 aromatic rings. The smallest absolute Gasteiger partial charge is 0.370 e. The third-order valence-corrected chi connectivity index (χ3v) is 1.93. The van der Waals surface area contributed by atoms with Gasteiger partial charge in [0.15, 0.2) is 5.96 Å². The summed E-state index contributed by atoms with van der Waals surface area (Å²) in [5, 5.41) is 1.71. The Morgan fingerprint density at radius 2 is 2.20 bits per heavy atom. The number of hydrogen-bond acceptors (Lipinski definition) is 4. The highest BCUT2D eigenvalue weighted by atomic mass is 31.2. The van der Waals surface area contributed by atoms with Crippen molar-refractivity contribution in [2.45, 2.75) is 18.9 Å². The van der Waals surface area contributed by atoms with Crippen molar-refractivity contribution in [1.82, 2.24) is 5.09 Å². The van der Waals surface area contributed by atoms with Crippen LogP contribution in [0.1, 0.15) is 12.8 Å². The van der Waals surface area contributed by atoms with E-state index in [1.807, 2.05) is 0 Å². The predicted octanol–water partition coefficient (Wildman–Crippen LogP) is -1.71. The summed E-state index contributed by atoms with van der Waals surface area (Å²) in [7, 11) is -4.38. The SMILES string of the molecule is NC(=NCCC[C@H](N)C=O)NP(=O)(O)O. The van der Waals surface area contributed by atoms with Crippen molar-refractivity contribution in [1.29, 1.82) is 0 Å². The Balaban J connectivity index is 3.77. The molecule has 0 bridgehead atoms. The van der Waals surface area contributed by atoms with E-state index in [4.69, 9.17) is 21.3 Å². The van der Waals surface area contributed by atoms with Crippen molar-refractivity contribution >= 4 is 20.0 Å². The van der Waals surface area contributed by atoms with Gasteiger partial charge in [-0.3, -0.25) is 10.1 Å². The summed E-state index contributed by atoms with van der Waals surface area (Å²) in [5.74, 6) is -0.331. The summed E-state index contributed by atoms with van der Waals surface area (Å²) >= 11 is 0. The molecule has 0 amide bonds. The molecule has 8 nitrogen and oxygen atoms in total. The second kappa shape index (κ2) is 6.52. The molecular weight excluding hydrogens is 223 g/mol. The second-order valence-corrected chi connectivity index (χ2v) is 4.18. The Labute approximate surface area is 87.0 Å². The highest BCUT2D eigenvalue weighted by Gasteiger charge is 2.12. The molecule has 0 aliphatic carbocycles. The first-order valence-corrected chi connectivity index (χ1v) is 5.81. The third kappa shape index (κ3) is 9.36. The number of aliphatic imine (C=N–C) groups is 1. The third-order valence-electron chi connectivity index (χ3n) is 1.41. The maximum atomic E-state index is 10.4. The molecule has 0 spiro atoms. The minimum absolute atomic E-state index is 0.250. The van der Waals surface area contributed by atoms with Crippen molar-refractivity contribution in [3.8, 4) is 0 Å². The zero-order valence-corrected chi connectivity index (χ0v) is 8.93. The van der Waals surface area contributed by atoms with Crippen molar-refractivity contribution in [2.75, 3.05) is 6.54 Å². The molecule has 0 aliphatic rings. The van der Waals surface area contributed by atoms with Gasteiger partial charge in [0.1, 0.15) is 6.29 Å². The quantitative estimate of drug-likeness (QED) is 0.121. The molecule has 1 atom stereocenters. The zero-order valence-electron chi connectivity index (χ0n) is 8.04. The fourth-order valence-corrected chi connectivity index (χ4v) is 1.15. The maximum Gasteiger partial charge on any atom is 0.429 e. The maximum absolute atomic E-state index is 10.4. The molecule has 0 rings (SSSR count). The first-order chi connectivity index (χ1) is 6.85. The lowest BCUT2D eigenvalue weighted by Crippen LogP contribution is -2.29. The normalized spacial score (nSPS) is 14.7. The molecule has 7 N–H and O–H groups in total. The van der Waals surface area contributed by atoms with Crippen LogP contribution in [0.4, 0.5) is 0 Å². The van der Waals surface area contributed by atoms with Crippen LogP contribution < -0.4 is 16.6 Å². The molecule has 9 heteroatoms. The van der Waals surface area contributed by atoms with E-state index in [0.717, 1.165) is 0 Å². The van der Waals surface area contributed by atoms with Crippen LogP contribution in [0.15, 0.2) is 4.99 Å². The largest absolute Gasteiger partial charge is 0.429 e. The summed E-state index contributed by atoms with van der Waals surface area (Å²) in [4.78, 5) is 30.6. The molecule has 0 aliphatic heterocycles. The van der Waals surface area contributed by atoms with Crippen LogP contribution in [0.5, 0.6) is 0 Å². The second-order valence-electron chi connectivity index (χ2n) is 2.86. The lowest BCUT2D eigenvalue weighted by molar-refractivity contribution is -0.109. The molecule has 0 unspecified atom stereocenters. The van der Waals surface area contributed by atoms with Crippen LogP contribution in [0, 0.1) is 0 Å². The molecule has 0 saturated heterocycles. The number of guanidine groups is 1. The number of carbonyl (C=O) groups is 1. The lowest BCUT2D eigenvalue weighted by Gasteiger charge is -2.06. The fraction of sp³-hybridized carbons (Fsp3) is 0.667. The van der Waals surface area contributed by atoms with Gasteiger partial charge in [-0.1, -0.05) is 0 Å². The van der Waals surface area contributed by atoms with Crippen LogP contribution in [0.25, 0.3) is 0 Å². The number of rotatable bonds is 6. The fourth-order valence-electron chi connectivity index (χ4n) is 0.779. The van der Waals surface area contributed by atoms with Gasteiger partial charge in [-0.05, 0) is 12.8 Å². The van der Waals surface area contributed by atoms with E-state index in [1.54, 1.807) is 5.09 Å². The van der Waals surface area contributed by atoms with Gasteiger partial charge in [-0.25, -0.2) is 4.57 Å². The lowest BCUT2D eigenvalue weighted by atomic mass is 10.2. The van der Waals surface area contributed by atoms with Gasteiger partial charge >= 0.3 is 7.75 Å². The predicted molar refractivity (Wildman–Crippen MR) is 54.9 cm³/mol. The molecule has 88 valence electrons. The van der Waals surface area contributed by atoms with Gasteiger partial charge in [0.25, 0.3) is 0 Å². The van der Waals surface area contributed by atoms with Crippen molar-refractivity contribution in [2.24, 2.45) is 16.5 Å². The molecule has 0 fully saturated rings. The van der Waals surface area contributed by atoms with E-state index < -0.39 is 13.8 Å². The Morgan fingerprint density at radius 3 is 2.67 bits per heavy atom.